The first kappa shape index (κ1) is 14.6. The van der Waals surface area contributed by atoms with Crippen LogP contribution in [0.5, 0.6) is 5.75 Å². The fourth-order valence-corrected chi connectivity index (χ4v) is 3.48. The molecule has 2 aliphatic rings. The average molecular weight is 314 g/mol. The van der Waals surface area contributed by atoms with Gasteiger partial charge in [-0.05, 0) is 50.1 Å². The Morgan fingerprint density at radius 2 is 2.17 bits per heavy atom. The number of ether oxygens (including phenoxy) is 2. The summed E-state index contributed by atoms with van der Waals surface area (Å²) < 4.78 is 11.2. The van der Waals surface area contributed by atoms with Crippen LogP contribution in [0.25, 0.3) is 10.9 Å². The topological polar surface area (TPSA) is 54.6 Å². The monoisotopic (exact) mass is 314 g/mol. The lowest BCUT2D eigenvalue weighted by molar-refractivity contribution is -0.168. The minimum absolute atomic E-state index is 0.0582. The quantitative estimate of drug-likeness (QED) is 0.885. The zero-order valence-corrected chi connectivity index (χ0v) is 13.6. The van der Waals surface area contributed by atoms with E-state index in [4.69, 9.17) is 9.47 Å². The Morgan fingerprint density at radius 1 is 1.35 bits per heavy atom. The summed E-state index contributed by atoms with van der Waals surface area (Å²) in [6.45, 7) is 0.875. The lowest BCUT2D eigenvalue weighted by Crippen LogP contribution is -2.37. The number of hydrogen-bond donors (Lipinski definition) is 1. The van der Waals surface area contributed by atoms with Crippen molar-refractivity contribution in [1.29, 1.82) is 0 Å². The van der Waals surface area contributed by atoms with Crippen LogP contribution < -0.4 is 4.74 Å². The van der Waals surface area contributed by atoms with E-state index < -0.39 is 0 Å². The van der Waals surface area contributed by atoms with E-state index in [1.807, 2.05) is 19.2 Å². The molecule has 1 saturated carbocycles. The average Bonchev–Trinajstić information content (AvgIpc) is 2.86. The molecule has 1 unspecified atom stereocenters. The van der Waals surface area contributed by atoms with Crippen molar-refractivity contribution < 1.29 is 14.3 Å². The number of hydrogen-bond acceptors (Lipinski definition) is 4. The van der Waals surface area contributed by atoms with Crippen LogP contribution in [-0.2, 0) is 16.0 Å². The number of nitrogens with zero attached hydrogens (tertiary/aromatic N) is 1. The fraction of sp³-hybridized carbons (Fsp3) is 0.500. The zero-order valence-electron chi connectivity index (χ0n) is 13.6. The summed E-state index contributed by atoms with van der Waals surface area (Å²) in [5, 5.41) is 1.16. The molecular weight excluding hydrogens is 292 g/mol. The predicted octanol–water partition coefficient (Wildman–Crippen LogP) is 3.01. The molecule has 122 valence electrons. The van der Waals surface area contributed by atoms with E-state index in [2.05, 4.69) is 16.0 Å². The van der Waals surface area contributed by atoms with Gasteiger partial charge < -0.3 is 14.5 Å². The normalized spacial score (nSPS) is 21.7. The molecule has 2 aromatic rings. The first-order chi connectivity index (χ1) is 11.2. The minimum atomic E-state index is -0.315. The number of aromatic amines is 1. The van der Waals surface area contributed by atoms with Crippen LogP contribution >= 0.6 is 0 Å². The van der Waals surface area contributed by atoms with Crippen LogP contribution in [0.4, 0.5) is 0 Å². The SMILES string of the molecule is COc1ccc2[nH]c3c(c2c1)CCN(C)C3OC(=O)C1CCC1. The Kier molecular flexibility index (Phi) is 3.53. The summed E-state index contributed by atoms with van der Waals surface area (Å²) >= 11 is 0. The molecule has 2 heterocycles. The maximum atomic E-state index is 12.3. The molecule has 0 saturated heterocycles. The van der Waals surface area contributed by atoms with Gasteiger partial charge in [-0.1, -0.05) is 6.42 Å². The van der Waals surface area contributed by atoms with Gasteiger partial charge in [-0.2, -0.15) is 0 Å². The molecule has 4 rings (SSSR count). The molecule has 5 nitrogen and oxygen atoms in total. The van der Waals surface area contributed by atoms with Crippen molar-refractivity contribution in [3.8, 4) is 5.75 Å². The Morgan fingerprint density at radius 3 is 2.87 bits per heavy atom. The second-order valence-electron chi connectivity index (χ2n) is 6.58. The summed E-state index contributed by atoms with van der Waals surface area (Å²) in [7, 11) is 3.69. The Bertz CT molecular complexity index is 748. The van der Waals surface area contributed by atoms with Crippen molar-refractivity contribution in [2.75, 3.05) is 20.7 Å². The van der Waals surface area contributed by atoms with Crippen LogP contribution in [0, 0.1) is 5.92 Å². The first-order valence-electron chi connectivity index (χ1n) is 8.26. The molecule has 0 bridgehead atoms. The van der Waals surface area contributed by atoms with E-state index in [9.17, 15) is 4.79 Å². The number of rotatable bonds is 3. The number of nitrogens with one attached hydrogen (secondary N) is 1. The summed E-state index contributed by atoms with van der Waals surface area (Å²) in [6.07, 6.45) is 3.69. The predicted molar refractivity (Wildman–Crippen MR) is 87.4 cm³/mol. The van der Waals surface area contributed by atoms with E-state index >= 15 is 0 Å². The van der Waals surface area contributed by atoms with Crippen molar-refractivity contribution in [2.24, 2.45) is 5.92 Å². The molecular formula is C18H22N2O3. The van der Waals surface area contributed by atoms with Crippen molar-refractivity contribution in [2.45, 2.75) is 31.9 Å². The van der Waals surface area contributed by atoms with Gasteiger partial charge in [0.05, 0.1) is 18.7 Å². The second-order valence-corrected chi connectivity index (χ2v) is 6.58. The van der Waals surface area contributed by atoms with Crippen molar-refractivity contribution >= 4 is 16.9 Å². The van der Waals surface area contributed by atoms with Crippen LogP contribution in [0.15, 0.2) is 18.2 Å². The molecule has 1 aliphatic heterocycles. The molecule has 0 spiro atoms. The molecule has 0 amide bonds. The molecule has 5 heteroatoms. The van der Waals surface area contributed by atoms with Gasteiger partial charge in [0, 0.05) is 17.4 Å². The summed E-state index contributed by atoms with van der Waals surface area (Å²) in [6, 6.07) is 6.03. The summed E-state index contributed by atoms with van der Waals surface area (Å²) in [5.41, 5.74) is 3.31. The third kappa shape index (κ3) is 2.39. The number of carbonyl (C=O) groups is 1. The Balaban J connectivity index is 1.70. The fourth-order valence-electron chi connectivity index (χ4n) is 3.48. The smallest absolute Gasteiger partial charge is 0.310 e. The van der Waals surface area contributed by atoms with Gasteiger partial charge in [-0.3, -0.25) is 9.69 Å². The highest BCUT2D eigenvalue weighted by Crippen LogP contribution is 2.37. The third-order valence-corrected chi connectivity index (χ3v) is 5.17. The molecule has 0 radical (unpaired) electrons. The number of benzene rings is 1. The molecule has 1 aromatic heterocycles. The van der Waals surface area contributed by atoms with Gasteiger partial charge in [-0.15, -0.1) is 0 Å². The summed E-state index contributed by atoms with van der Waals surface area (Å²) in [5.74, 6) is 0.886. The molecule has 1 fully saturated rings. The second kappa shape index (κ2) is 5.57. The van der Waals surface area contributed by atoms with Crippen LogP contribution in [0.1, 0.15) is 36.7 Å². The lowest BCUT2D eigenvalue weighted by atomic mass is 9.86. The van der Waals surface area contributed by atoms with Gasteiger partial charge in [0.25, 0.3) is 0 Å². The third-order valence-electron chi connectivity index (χ3n) is 5.17. The van der Waals surface area contributed by atoms with E-state index in [-0.39, 0.29) is 18.1 Å². The van der Waals surface area contributed by atoms with Gasteiger partial charge in [0.2, 0.25) is 0 Å². The van der Waals surface area contributed by atoms with Crippen LogP contribution in [0.2, 0.25) is 0 Å². The van der Waals surface area contributed by atoms with E-state index in [1.165, 1.54) is 5.56 Å². The van der Waals surface area contributed by atoms with E-state index in [1.54, 1.807) is 7.11 Å². The van der Waals surface area contributed by atoms with Crippen molar-refractivity contribution in [3.63, 3.8) is 0 Å². The Hall–Kier alpha value is -2.01. The number of esters is 1. The highest BCUT2D eigenvalue weighted by atomic mass is 16.6. The first-order valence-corrected chi connectivity index (χ1v) is 8.26. The molecule has 1 aliphatic carbocycles. The van der Waals surface area contributed by atoms with Crippen molar-refractivity contribution in [3.05, 3.63) is 29.5 Å². The van der Waals surface area contributed by atoms with Crippen LogP contribution in [-0.4, -0.2) is 36.6 Å². The molecule has 1 aromatic carbocycles. The number of carbonyl (C=O) groups excluding carboxylic acids is 1. The number of likely N-dealkylation sites (N-methyl/N-ethyl adjacent to an activating group) is 1. The van der Waals surface area contributed by atoms with Gasteiger partial charge in [0.15, 0.2) is 6.23 Å². The van der Waals surface area contributed by atoms with Gasteiger partial charge >= 0.3 is 5.97 Å². The van der Waals surface area contributed by atoms with Gasteiger partial charge in [-0.25, -0.2) is 0 Å². The number of fused-ring (bicyclic) bond motifs is 3. The number of methoxy groups -OCH3 is 1. The molecule has 1 N–H and O–H groups in total. The van der Waals surface area contributed by atoms with Crippen molar-refractivity contribution in [1.82, 2.24) is 9.88 Å². The largest absolute Gasteiger partial charge is 0.497 e. The number of H-pyrrole nitrogens is 1. The number of aromatic nitrogens is 1. The van der Waals surface area contributed by atoms with E-state index in [0.717, 1.165) is 54.6 Å². The maximum absolute atomic E-state index is 12.3. The lowest BCUT2D eigenvalue weighted by Gasteiger charge is -2.34. The highest BCUT2D eigenvalue weighted by molar-refractivity contribution is 5.86. The van der Waals surface area contributed by atoms with Crippen LogP contribution in [0.3, 0.4) is 0 Å². The molecule has 1 atom stereocenters. The maximum Gasteiger partial charge on any atom is 0.310 e. The highest BCUT2D eigenvalue weighted by Gasteiger charge is 2.34. The summed E-state index contributed by atoms with van der Waals surface area (Å²) in [4.78, 5) is 17.8. The zero-order chi connectivity index (χ0) is 16.0. The minimum Gasteiger partial charge on any atom is -0.497 e. The van der Waals surface area contributed by atoms with E-state index in [0.29, 0.717) is 0 Å². The standard InChI is InChI=1S/C18H22N2O3/c1-20-9-8-13-14-10-12(22-2)6-7-15(14)19-16(13)17(20)23-18(21)11-4-3-5-11/h6-7,10-11,17,19H,3-5,8-9H2,1-2H3. The van der Waals surface area contributed by atoms with Gasteiger partial charge in [0.1, 0.15) is 5.75 Å². The Labute approximate surface area is 135 Å². The molecule has 23 heavy (non-hydrogen) atoms.